The number of nitro groups is 1. The number of ether oxygens (including phenoxy) is 14. The number of rotatable bonds is 45. The van der Waals surface area contributed by atoms with Gasteiger partial charge in [0.05, 0.1) is 163 Å². The van der Waals surface area contributed by atoms with E-state index in [1.807, 2.05) is 0 Å². The standard InChI is InChI=1S/C36H62N2O19/c39-35(31-56-32-36(40)41)37-5-6-44-7-8-45-9-10-46-11-12-47-13-14-48-15-16-49-17-18-50-19-20-51-21-22-52-23-24-53-25-26-54-27-28-55-29-30-57-34-3-1-33(2-4-34)38(42)43/h1-4H,5-32H2,(H,37,39)(H,40,41). The average Bonchev–Trinajstić information content (AvgIpc) is 3.20. The Hall–Kier alpha value is -3.16. The number of hydrogen-bond acceptors (Lipinski definition) is 18. The lowest BCUT2D eigenvalue weighted by molar-refractivity contribution is -0.384. The van der Waals surface area contributed by atoms with Crippen molar-refractivity contribution in [2.24, 2.45) is 0 Å². The average molecular weight is 827 g/mol. The lowest BCUT2D eigenvalue weighted by Crippen LogP contribution is -2.31. The first kappa shape index (κ1) is 51.9. The number of nitro benzene ring substituents is 1. The molecule has 0 radical (unpaired) electrons. The second kappa shape index (κ2) is 41.0. The number of carboxylic acids is 1. The lowest BCUT2D eigenvalue weighted by Gasteiger charge is -2.09. The number of nitrogens with one attached hydrogen (secondary N) is 1. The zero-order valence-corrected chi connectivity index (χ0v) is 32.9. The van der Waals surface area contributed by atoms with E-state index in [1.54, 1.807) is 12.1 Å². The number of amides is 1. The number of carbonyl (C=O) groups is 2. The minimum absolute atomic E-state index is 0.0178. The molecule has 1 rings (SSSR count). The predicted molar refractivity (Wildman–Crippen MR) is 200 cm³/mol. The van der Waals surface area contributed by atoms with Crippen molar-refractivity contribution in [3.8, 4) is 5.75 Å². The summed E-state index contributed by atoms with van der Waals surface area (Å²) in [5.41, 5.74) is 0.0178. The molecule has 0 atom stereocenters. The molecule has 21 nitrogen and oxygen atoms in total. The number of nitrogens with zero attached hydrogens (tertiary/aromatic N) is 1. The van der Waals surface area contributed by atoms with Crippen LogP contribution < -0.4 is 10.1 Å². The van der Waals surface area contributed by atoms with Gasteiger partial charge in [0.1, 0.15) is 25.6 Å². The quantitative estimate of drug-likeness (QED) is 0.0514. The Bertz CT molecular complexity index is 1070. The first-order chi connectivity index (χ1) is 28.0. The number of aliphatic carboxylic acids is 1. The molecule has 0 unspecified atom stereocenters. The third-order valence-corrected chi connectivity index (χ3v) is 6.66. The molecule has 21 heteroatoms. The summed E-state index contributed by atoms with van der Waals surface area (Å²) in [6.07, 6.45) is 0. The van der Waals surface area contributed by atoms with E-state index in [2.05, 4.69) is 10.1 Å². The zero-order chi connectivity index (χ0) is 41.1. The molecule has 0 bridgehead atoms. The van der Waals surface area contributed by atoms with Crippen LogP contribution in [0.15, 0.2) is 24.3 Å². The van der Waals surface area contributed by atoms with Gasteiger partial charge in [-0.3, -0.25) is 14.9 Å². The highest BCUT2D eigenvalue weighted by molar-refractivity contribution is 5.77. The normalized spacial score (nSPS) is 11.2. The SMILES string of the molecule is O=C(O)COCC(=O)NCCOCCOCCOCCOCCOCCOCCOCCOCCOCCOCCOCCOCCOc1ccc([N+](=O)[O-])cc1. The Morgan fingerprint density at radius 3 is 1.05 bits per heavy atom. The molecule has 0 aliphatic carbocycles. The van der Waals surface area contributed by atoms with Gasteiger partial charge in [-0.1, -0.05) is 0 Å². The van der Waals surface area contributed by atoms with Crippen molar-refractivity contribution in [1.82, 2.24) is 5.32 Å². The third-order valence-electron chi connectivity index (χ3n) is 6.66. The Balaban J connectivity index is 1.64. The van der Waals surface area contributed by atoms with Crippen molar-refractivity contribution in [2.75, 3.05) is 185 Å². The zero-order valence-electron chi connectivity index (χ0n) is 32.9. The van der Waals surface area contributed by atoms with Gasteiger partial charge >= 0.3 is 5.97 Å². The van der Waals surface area contributed by atoms with Crippen LogP contribution in [-0.4, -0.2) is 207 Å². The summed E-state index contributed by atoms with van der Waals surface area (Å²) in [5.74, 6) is -0.986. The summed E-state index contributed by atoms with van der Waals surface area (Å²) >= 11 is 0. The van der Waals surface area contributed by atoms with Gasteiger partial charge in [-0.05, 0) is 12.1 Å². The topological polar surface area (TPSA) is 239 Å². The van der Waals surface area contributed by atoms with Crippen LogP contribution in [0.2, 0.25) is 0 Å². The van der Waals surface area contributed by atoms with Crippen LogP contribution >= 0.6 is 0 Å². The van der Waals surface area contributed by atoms with Crippen LogP contribution in [0.5, 0.6) is 5.75 Å². The number of hydrogen-bond donors (Lipinski definition) is 2. The number of non-ortho nitro benzene ring substituents is 1. The summed E-state index contributed by atoms with van der Waals surface area (Å²) in [5, 5.41) is 21.6. The van der Waals surface area contributed by atoms with Crippen molar-refractivity contribution in [3.05, 3.63) is 34.4 Å². The molecule has 1 aromatic carbocycles. The molecule has 57 heavy (non-hydrogen) atoms. The summed E-state index contributed by atoms with van der Waals surface area (Å²) in [6, 6.07) is 5.88. The van der Waals surface area contributed by atoms with Gasteiger partial charge in [0.2, 0.25) is 5.91 Å². The molecule has 1 aromatic rings. The fraction of sp³-hybridized carbons (Fsp3) is 0.778. The molecular formula is C36H62N2O19. The number of benzene rings is 1. The predicted octanol–water partition coefficient (Wildman–Crippen LogP) is 0.390. The maximum absolute atomic E-state index is 11.4. The Kier molecular flexibility index (Phi) is 37.3. The van der Waals surface area contributed by atoms with Crippen LogP contribution in [0.1, 0.15) is 0 Å². The fourth-order valence-electron chi connectivity index (χ4n) is 3.95. The van der Waals surface area contributed by atoms with Crippen LogP contribution in [0.25, 0.3) is 0 Å². The smallest absolute Gasteiger partial charge is 0.329 e. The van der Waals surface area contributed by atoms with Crippen molar-refractivity contribution in [1.29, 1.82) is 0 Å². The highest BCUT2D eigenvalue weighted by Gasteiger charge is 2.05. The van der Waals surface area contributed by atoms with Gasteiger partial charge in [-0.2, -0.15) is 0 Å². The van der Waals surface area contributed by atoms with Gasteiger partial charge in [0.25, 0.3) is 5.69 Å². The van der Waals surface area contributed by atoms with E-state index in [9.17, 15) is 19.7 Å². The van der Waals surface area contributed by atoms with Crippen molar-refractivity contribution >= 4 is 17.6 Å². The lowest BCUT2D eigenvalue weighted by atomic mass is 10.3. The van der Waals surface area contributed by atoms with E-state index in [1.165, 1.54) is 12.1 Å². The second-order valence-electron chi connectivity index (χ2n) is 11.2. The largest absolute Gasteiger partial charge is 0.491 e. The summed E-state index contributed by atoms with van der Waals surface area (Å²) in [4.78, 5) is 31.9. The monoisotopic (exact) mass is 826 g/mol. The Morgan fingerprint density at radius 1 is 0.456 bits per heavy atom. The molecule has 1 amide bonds. The Morgan fingerprint density at radius 2 is 0.754 bits per heavy atom. The van der Waals surface area contributed by atoms with Crippen LogP contribution in [0, 0.1) is 10.1 Å². The minimum atomic E-state index is -1.13. The van der Waals surface area contributed by atoms with E-state index in [0.29, 0.717) is 177 Å². The van der Waals surface area contributed by atoms with Crippen LogP contribution in [-0.2, 0) is 71.2 Å². The molecule has 2 N–H and O–H groups in total. The minimum Gasteiger partial charge on any atom is -0.491 e. The molecule has 0 aliphatic heterocycles. The van der Waals surface area contributed by atoms with E-state index in [4.69, 9.17) is 66.7 Å². The van der Waals surface area contributed by atoms with Gasteiger partial charge < -0.3 is 76.7 Å². The van der Waals surface area contributed by atoms with Crippen molar-refractivity contribution < 1.29 is 85.9 Å². The molecule has 0 aliphatic rings. The fourth-order valence-corrected chi connectivity index (χ4v) is 3.95. The molecule has 0 fully saturated rings. The molecule has 0 aromatic heterocycles. The second-order valence-corrected chi connectivity index (χ2v) is 11.2. The highest BCUT2D eigenvalue weighted by Crippen LogP contribution is 2.17. The van der Waals surface area contributed by atoms with Gasteiger partial charge in [-0.15, -0.1) is 0 Å². The maximum atomic E-state index is 11.4. The first-order valence-corrected chi connectivity index (χ1v) is 18.9. The molecular weight excluding hydrogens is 764 g/mol. The Labute approximate surface area is 333 Å². The van der Waals surface area contributed by atoms with E-state index >= 15 is 0 Å². The first-order valence-electron chi connectivity index (χ1n) is 18.9. The summed E-state index contributed by atoms with van der Waals surface area (Å²) in [6.45, 7) is 10.3. The molecule has 0 saturated carbocycles. The van der Waals surface area contributed by atoms with Crippen molar-refractivity contribution in [3.63, 3.8) is 0 Å². The molecule has 0 saturated heterocycles. The van der Waals surface area contributed by atoms with Crippen molar-refractivity contribution in [2.45, 2.75) is 0 Å². The highest BCUT2D eigenvalue weighted by atomic mass is 16.6. The van der Waals surface area contributed by atoms with Gasteiger partial charge in [0, 0.05) is 18.7 Å². The molecule has 330 valence electrons. The number of carbonyl (C=O) groups excluding carboxylic acids is 1. The van der Waals surface area contributed by atoms with E-state index < -0.39 is 23.4 Å². The summed E-state index contributed by atoms with van der Waals surface area (Å²) in [7, 11) is 0. The van der Waals surface area contributed by atoms with E-state index in [-0.39, 0.29) is 12.3 Å². The summed E-state index contributed by atoms with van der Waals surface area (Å²) < 4.78 is 75.4. The molecule has 0 heterocycles. The third kappa shape index (κ3) is 38.1. The maximum Gasteiger partial charge on any atom is 0.329 e. The van der Waals surface area contributed by atoms with Crippen LogP contribution in [0.3, 0.4) is 0 Å². The number of carboxylic acid groups (broad SMARTS) is 1. The van der Waals surface area contributed by atoms with Gasteiger partial charge in [-0.25, -0.2) is 4.79 Å². The van der Waals surface area contributed by atoms with Gasteiger partial charge in [0.15, 0.2) is 0 Å². The molecule has 0 spiro atoms. The van der Waals surface area contributed by atoms with E-state index in [0.717, 1.165) is 0 Å². The van der Waals surface area contributed by atoms with Crippen LogP contribution in [0.4, 0.5) is 5.69 Å².